The first-order valence-electron chi connectivity index (χ1n) is 39.9. The van der Waals surface area contributed by atoms with Gasteiger partial charge in [0.15, 0.2) is 23.8 Å². The standard InChI is InChI=1S/C24H29Cl2NO4.C22H25Cl2NO6.C21H25Cl2NO2.C20H21Cl2NO6.C3H6O3.2CO2.ClH/c1-5-21-23(31-24(2,3)30-21)20(27-22(28)14-29-4)10-15-6-8-16(9-7-15)17-11-18(25)13-19(26)12-17;1-3-31-22(29)21(28)20(27)18(25-19(26)12-30-2)8-13-4-6-14(7-5-13)15-9-16(23)11-17(24)10-15;1-4-19-20(26-21(2,3)25-19)18(24)9-13-5-7-14(8-6-13)15-10-16(22)12-17(23)11-15;1-29-10-17(24)23-16(18(25)19(26)20(27)28)6-11-2-4-12(5-3-11)13-7-14(21)9-15(22)8-13;1-6-2-3(4)5;2*2-1-3;/h6-9,11-13,20-21,23H,5,10,14H2,1-4H3,(H,27,28);4-7,9-11,18,20-21,27-28H,3,8,12H2,1-2H3,(H,25,26);5-8,10-12,18-20H,4,9,24H2,1-3H3;2-5,7-9,16,18-19,25-26H,6,10H2,1H3,(H,23,24)(H,27,28);2H2,1H3,(H,4,5);;;1H/t20-,21-,23+;18-,20+,21-;18-,19-,20+;16-,18+,19-;;;;/m1111..../s1. The molecule has 0 unspecified atom stereocenters. The molecule has 3 amide bonds. The van der Waals surface area contributed by atoms with Gasteiger partial charge in [-0.05, 0) is 213 Å². The molecule has 0 bridgehead atoms. The third-order valence-electron chi connectivity index (χ3n) is 18.9. The molecule has 0 aromatic heterocycles. The fourth-order valence-electron chi connectivity index (χ4n) is 13.4. The highest BCUT2D eigenvalue weighted by Crippen LogP contribution is 2.37. The quantitative estimate of drug-likeness (QED) is 0.0167. The molecule has 11 N–H and O–H groups in total. The Morgan fingerprint density at radius 1 is 0.400 bits per heavy atom. The summed E-state index contributed by atoms with van der Waals surface area (Å²) < 4.78 is 47.7. The number of aliphatic carboxylic acids is 2. The first-order valence-corrected chi connectivity index (χ1v) is 42.9. The van der Waals surface area contributed by atoms with Crippen LogP contribution in [0, 0.1) is 0 Å². The Morgan fingerprint density at radius 2 is 0.669 bits per heavy atom. The molecule has 130 heavy (non-hydrogen) atoms. The lowest BCUT2D eigenvalue weighted by Crippen LogP contribution is -2.53. The summed E-state index contributed by atoms with van der Waals surface area (Å²) in [6.45, 7) is 12.8. The minimum absolute atomic E-state index is 0. The summed E-state index contributed by atoms with van der Waals surface area (Å²) in [6, 6.07) is 50.0. The van der Waals surface area contributed by atoms with Gasteiger partial charge in [-0.25, -0.2) is 14.4 Å². The molecular weight excluding hydrogens is 1880 g/mol. The van der Waals surface area contributed by atoms with E-state index in [9.17, 15) is 49.2 Å². The molecule has 29 nitrogen and oxygen atoms in total. The minimum Gasteiger partial charge on any atom is -0.480 e. The van der Waals surface area contributed by atoms with Crippen molar-refractivity contribution in [1.82, 2.24) is 16.0 Å². The average molecular weight is 1990 g/mol. The lowest BCUT2D eigenvalue weighted by molar-refractivity contribution is -0.193. The molecule has 10 rings (SSSR count). The minimum atomic E-state index is -2.05. The number of rotatable bonds is 34. The van der Waals surface area contributed by atoms with Crippen LogP contribution in [0.15, 0.2) is 170 Å². The second-order valence-electron chi connectivity index (χ2n) is 29.8. The molecule has 2 heterocycles. The summed E-state index contributed by atoms with van der Waals surface area (Å²) in [7, 11) is 5.54. The van der Waals surface area contributed by atoms with Crippen LogP contribution in [0.1, 0.15) is 83.6 Å². The van der Waals surface area contributed by atoms with E-state index in [2.05, 4.69) is 58.8 Å². The topological polar surface area (TPSA) is 437 Å². The number of esters is 1. The van der Waals surface area contributed by atoms with Crippen LogP contribution >= 0.6 is 105 Å². The summed E-state index contributed by atoms with van der Waals surface area (Å²) >= 11 is 48.7. The van der Waals surface area contributed by atoms with Crippen molar-refractivity contribution in [1.29, 1.82) is 0 Å². The third-order valence-corrected chi connectivity index (χ3v) is 20.6. The highest BCUT2D eigenvalue weighted by Gasteiger charge is 2.46. The van der Waals surface area contributed by atoms with Gasteiger partial charge in [-0.2, -0.15) is 19.2 Å². The number of amides is 3. The number of nitrogens with two attached hydrogens (primary N) is 1. The maximum absolute atomic E-state index is 12.3. The fourth-order valence-corrected chi connectivity index (χ4v) is 15.5. The lowest BCUT2D eigenvalue weighted by atomic mass is 9.95. The van der Waals surface area contributed by atoms with Gasteiger partial charge in [0.05, 0.1) is 36.9 Å². The third kappa shape index (κ3) is 40.9. The molecule has 708 valence electrons. The number of carbonyl (C=O) groups excluding carboxylic acids is 8. The number of methoxy groups -OCH3 is 4. The Kier molecular flexibility index (Phi) is 52.6. The zero-order valence-corrected chi connectivity index (χ0v) is 79.7. The molecule has 2 aliphatic heterocycles. The number of carboxylic acid groups (broad SMARTS) is 2. The van der Waals surface area contributed by atoms with E-state index in [-0.39, 0.29) is 113 Å². The largest absolute Gasteiger partial charge is 0.480 e. The number of hydrogen-bond acceptors (Lipinski definition) is 24. The van der Waals surface area contributed by atoms with Crippen LogP contribution in [0.2, 0.25) is 40.2 Å². The van der Waals surface area contributed by atoms with Crippen LogP contribution in [0.3, 0.4) is 0 Å². The van der Waals surface area contributed by atoms with Gasteiger partial charge in [-0.3, -0.25) is 14.4 Å². The number of carbonyl (C=O) groups is 6. The Bertz CT molecular complexity index is 4840. The molecular formula is C92H107Cl9N4O25. The second-order valence-corrected chi connectivity index (χ2v) is 33.3. The molecule has 2 fully saturated rings. The first kappa shape index (κ1) is 116. The SMILES string of the molecule is CCOC(=O)[C@H](O)[C@@H](O)[C@@H](Cc1ccc(-c2cc(Cl)cc(Cl)c2)cc1)NC(=O)COC.CC[C@H]1OC(C)(C)O[C@H]1[C@@H](Cc1ccc(-c2cc(Cl)cc(Cl)c2)cc1)NC(=O)COC.CC[C@H]1OC(C)(C)O[C@H]1[C@H](N)Cc1ccc(-c2cc(Cl)cc(Cl)c2)cc1.COCC(=O)N[C@H](Cc1ccc(-c2cc(Cl)cc(Cl)c2)cc1)[C@H](O)[C@@H](O)C(=O)O.COCC(=O)O.Cl.O=C=O.O=C=O. The van der Waals surface area contributed by atoms with Crippen molar-refractivity contribution in [2.45, 2.75) is 172 Å². The van der Waals surface area contributed by atoms with Crippen LogP contribution in [-0.4, -0.2) is 225 Å². The normalized spacial score (nSPS) is 16.6. The van der Waals surface area contributed by atoms with Gasteiger partial charge in [0.1, 0.15) is 50.8 Å². The summed E-state index contributed by atoms with van der Waals surface area (Å²) in [4.78, 5) is 101. The highest BCUT2D eigenvalue weighted by molar-refractivity contribution is 6.37. The molecule has 0 saturated carbocycles. The zero-order chi connectivity index (χ0) is 96.4. The predicted octanol–water partition coefficient (Wildman–Crippen LogP) is 14.5. The van der Waals surface area contributed by atoms with E-state index in [4.69, 9.17) is 166 Å². The Balaban J connectivity index is 0.000000427. The van der Waals surface area contributed by atoms with Gasteiger partial charge in [0.2, 0.25) is 17.7 Å². The van der Waals surface area contributed by atoms with Crippen LogP contribution < -0.4 is 21.7 Å². The number of benzene rings is 8. The maximum Gasteiger partial charge on any atom is 0.373 e. The first-order chi connectivity index (χ1) is 61.0. The van der Waals surface area contributed by atoms with E-state index in [1.165, 1.54) is 28.4 Å². The predicted molar refractivity (Wildman–Crippen MR) is 495 cm³/mol. The van der Waals surface area contributed by atoms with Crippen molar-refractivity contribution in [2.24, 2.45) is 5.73 Å². The van der Waals surface area contributed by atoms with Crippen molar-refractivity contribution >= 4 is 153 Å². The van der Waals surface area contributed by atoms with E-state index >= 15 is 0 Å². The molecule has 0 radical (unpaired) electrons. The molecule has 38 heteroatoms. The van der Waals surface area contributed by atoms with Gasteiger partial charge >= 0.3 is 30.2 Å². The van der Waals surface area contributed by atoms with Gasteiger partial charge in [0, 0.05) is 74.7 Å². The number of halogens is 9. The monoisotopic (exact) mass is 1980 g/mol. The Labute approximate surface area is 800 Å². The van der Waals surface area contributed by atoms with E-state index in [1.54, 1.807) is 67.6 Å². The van der Waals surface area contributed by atoms with Gasteiger partial charge in [-0.15, -0.1) is 12.4 Å². The molecule has 8 aromatic carbocycles. The molecule has 2 aliphatic rings. The smallest absolute Gasteiger partial charge is 0.373 e. The summed E-state index contributed by atoms with van der Waals surface area (Å²) in [6.07, 6.45) is -3.79. The van der Waals surface area contributed by atoms with Crippen molar-refractivity contribution in [3.63, 3.8) is 0 Å². The van der Waals surface area contributed by atoms with Crippen molar-refractivity contribution in [2.75, 3.05) is 61.5 Å². The number of hydrogen-bond donors (Lipinski definition) is 10. The molecule has 2 saturated heterocycles. The number of aliphatic hydroxyl groups excluding tert-OH is 4. The fraction of sp³-hybridized carbons (Fsp3) is 0.391. The number of ether oxygens (including phenoxy) is 9. The maximum atomic E-state index is 12.3. The summed E-state index contributed by atoms with van der Waals surface area (Å²) in [5, 5.41) is 69.9. The van der Waals surface area contributed by atoms with E-state index in [0.717, 1.165) is 80.5 Å². The van der Waals surface area contributed by atoms with Crippen LogP contribution in [0.25, 0.3) is 44.5 Å². The average Bonchev–Trinajstić information content (AvgIpc) is 1.64. The van der Waals surface area contributed by atoms with E-state index in [1.807, 2.05) is 113 Å². The molecule has 0 aliphatic carbocycles. The Hall–Kier alpha value is -8.57. The lowest BCUT2D eigenvalue weighted by Gasteiger charge is -2.27. The zero-order valence-electron chi connectivity index (χ0n) is 72.8. The van der Waals surface area contributed by atoms with Crippen molar-refractivity contribution in [3.05, 3.63) is 232 Å². The summed E-state index contributed by atoms with van der Waals surface area (Å²) in [5.41, 5.74) is 17.6. The van der Waals surface area contributed by atoms with Crippen molar-refractivity contribution < 1.29 is 121 Å². The number of aliphatic hydroxyl groups is 4. The van der Waals surface area contributed by atoms with Crippen molar-refractivity contribution in [3.8, 4) is 44.5 Å². The van der Waals surface area contributed by atoms with Gasteiger partial charge < -0.3 is 95.0 Å². The second kappa shape index (κ2) is 59.1. The van der Waals surface area contributed by atoms with E-state index in [0.29, 0.717) is 52.2 Å². The number of carboxylic acids is 2. The van der Waals surface area contributed by atoms with Gasteiger partial charge in [0.25, 0.3) is 0 Å². The van der Waals surface area contributed by atoms with E-state index < -0.39 is 77.8 Å². The van der Waals surface area contributed by atoms with Gasteiger partial charge in [-0.1, -0.05) is 204 Å². The Morgan fingerprint density at radius 3 is 0.938 bits per heavy atom. The van der Waals surface area contributed by atoms with Crippen LogP contribution in [-0.2, 0) is 116 Å². The molecule has 8 aromatic rings. The summed E-state index contributed by atoms with van der Waals surface area (Å²) in [5.74, 6) is -5.96. The number of nitrogens with one attached hydrogen (secondary N) is 3. The van der Waals surface area contributed by atoms with Crippen LogP contribution in [0.4, 0.5) is 0 Å². The highest BCUT2D eigenvalue weighted by atomic mass is 35.5. The molecule has 0 spiro atoms. The van der Waals surface area contributed by atoms with Crippen LogP contribution in [0.5, 0.6) is 0 Å². The molecule has 12 atom stereocenters.